The maximum atomic E-state index is 6.43. The molecule has 0 saturated carbocycles. The van der Waals surface area contributed by atoms with Crippen molar-refractivity contribution >= 4 is 65.6 Å². The molecule has 3 heterocycles. The Bertz CT molecular complexity index is 2820. The lowest BCUT2D eigenvalue weighted by Gasteiger charge is -2.15. The summed E-state index contributed by atoms with van der Waals surface area (Å²) in [6, 6.07) is 53.0. The standard InChI is InChI=1S/C42H25N3O/c1-2-13-28-26(11-1)12-9-17-32(28)40-42(44-36-20-6-5-19-35(36)43-40)45-37-21-7-3-14-30(37)34-25-27(23-24-38(34)45)29-16-10-18-33-31-15-4-8-22-39(31)46-41(29)33/h1-25H. The summed E-state index contributed by atoms with van der Waals surface area (Å²) < 4.78 is 8.71. The van der Waals surface area contributed by atoms with Crippen LogP contribution < -0.4 is 0 Å². The summed E-state index contributed by atoms with van der Waals surface area (Å²) in [6.45, 7) is 0. The van der Waals surface area contributed by atoms with Crippen molar-refractivity contribution in [3.8, 4) is 28.2 Å². The zero-order valence-corrected chi connectivity index (χ0v) is 24.7. The number of furan rings is 1. The Morgan fingerprint density at radius 3 is 2.02 bits per heavy atom. The van der Waals surface area contributed by atoms with Crippen LogP contribution in [0, 0.1) is 0 Å². The summed E-state index contributed by atoms with van der Waals surface area (Å²) in [5.74, 6) is 0.813. The van der Waals surface area contributed by atoms with Gasteiger partial charge in [-0.1, -0.05) is 115 Å². The molecule has 0 radical (unpaired) electrons. The second kappa shape index (κ2) is 9.62. The molecule has 0 atom stereocenters. The number of hydrogen-bond donors (Lipinski definition) is 0. The van der Waals surface area contributed by atoms with Crippen molar-refractivity contribution in [2.75, 3.05) is 0 Å². The van der Waals surface area contributed by atoms with E-state index >= 15 is 0 Å². The van der Waals surface area contributed by atoms with Crippen molar-refractivity contribution in [3.05, 3.63) is 152 Å². The predicted molar refractivity (Wildman–Crippen MR) is 190 cm³/mol. The molecule has 214 valence electrons. The monoisotopic (exact) mass is 587 g/mol. The molecule has 0 aliphatic carbocycles. The van der Waals surface area contributed by atoms with E-state index in [4.69, 9.17) is 14.4 Å². The van der Waals surface area contributed by atoms with E-state index in [0.29, 0.717) is 0 Å². The van der Waals surface area contributed by atoms with E-state index in [1.807, 2.05) is 36.4 Å². The number of fused-ring (bicyclic) bond motifs is 8. The molecule has 10 rings (SSSR count). The number of hydrogen-bond acceptors (Lipinski definition) is 3. The highest BCUT2D eigenvalue weighted by atomic mass is 16.3. The van der Waals surface area contributed by atoms with Crippen molar-refractivity contribution in [2.24, 2.45) is 0 Å². The Morgan fingerprint density at radius 1 is 0.457 bits per heavy atom. The van der Waals surface area contributed by atoms with E-state index < -0.39 is 0 Å². The van der Waals surface area contributed by atoms with Gasteiger partial charge in [0.25, 0.3) is 0 Å². The summed E-state index contributed by atoms with van der Waals surface area (Å²) in [7, 11) is 0. The van der Waals surface area contributed by atoms with E-state index in [0.717, 1.165) is 88.4 Å². The van der Waals surface area contributed by atoms with Crippen LogP contribution >= 0.6 is 0 Å². The zero-order valence-electron chi connectivity index (χ0n) is 24.7. The molecule has 0 N–H and O–H groups in total. The first kappa shape index (κ1) is 25.1. The SMILES string of the molecule is c1ccc2c(-c3nc4ccccc4nc3-n3c4ccccc4c4cc(-c5cccc6c5oc5ccccc56)ccc43)cccc2c1. The van der Waals surface area contributed by atoms with Gasteiger partial charge in [0.2, 0.25) is 0 Å². The maximum absolute atomic E-state index is 6.43. The summed E-state index contributed by atoms with van der Waals surface area (Å²) in [6.07, 6.45) is 0. The molecule has 0 aliphatic rings. The molecule has 0 fully saturated rings. The lowest BCUT2D eigenvalue weighted by molar-refractivity contribution is 0.670. The third-order valence-corrected chi connectivity index (χ3v) is 9.20. The number of benzene rings is 7. The molecule has 46 heavy (non-hydrogen) atoms. The second-order valence-electron chi connectivity index (χ2n) is 11.8. The van der Waals surface area contributed by atoms with Crippen molar-refractivity contribution < 1.29 is 4.42 Å². The minimum absolute atomic E-state index is 0.813. The van der Waals surface area contributed by atoms with E-state index in [1.165, 1.54) is 5.39 Å². The summed E-state index contributed by atoms with van der Waals surface area (Å²) in [4.78, 5) is 10.6. The largest absolute Gasteiger partial charge is 0.455 e. The van der Waals surface area contributed by atoms with Crippen LogP contribution in [0.25, 0.3) is 93.8 Å². The maximum Gasteiger partial charge on any atom is 0.165 e. The lowest BCUT2D eigenvalue weighted by atomic mass is 10.00. The third-order valence-electron chi connectivity index (χ3n) is 9.20. The number of para-hydroxylation sites is 5. The highest BCUT2D eigenvalue weighted by Gasteiger charge is 2.21. The van der Waals surface area contributed by atoms with Crippen LogP contribution in [-0.4, -0.2) is 14.5 Å². The van der Waals surface area contributed by atoms with Crippen LogP contribution in [0.4, 0.5) is 0 Å². The molecular formula is C42H25N3O. The van der Waals surface area contributed by atoms with Crippen LogP contribution in [0.5, 0.6) is 0 Å². The Kier molecular flexibility index (Phi) is 5.25. The minimum atomic E-state index is 0.813. The van der Waals surface area contributed by atoms with E-state index in [1.54, 1.807) is 0 Å². The van der Waals surface area contributed by atoms with Crippen molar-refractivity contribution in [2.45, 2.75) is 0 Å². The van der Waals surface area contributed by atoms with Crippen molar-refractivity contribution in [1.82, 2.24) is 14.5 Å². The first-order valence-electron chi connectivity index (χ1n) is 15.5. The molecule has 7 aromatic carbocycles. The van der Waals surface area contributed by atoms with Gasteiger partial charge in [0.1, 0.15) is 16.9 Å². The topological polar surface area (TPSA) is 43.9 Å². The van der Waals surface area contributed by atoms with Gasteiger partial charge < -0.3 is 4.42 Å². The van der Waals surface area contributed by atoms with Gasteiger partial charge in [-0.3, -0.25) is 4.57 Å². The summed E-state index contributed by atoms with van der Waals surface area (Å²) in [5.41, 5.74) is 9.81. The average Bonchev–Trinajstić information content (AvgIpc) is 3.66. The van der Waals surface area contributed by atoms with Crippen molar-refractivity contribution in [1.29, 1.82) is 0 Å². The highest BCUT2D eigenvalue weighted by molar-refractivity contribution is 6.13. The van der Waals surface area contributed by atoms with Gasteiger partial charge in [-0.05, 0) is 52.7 Å². The molecule has 0 amide bonds. The Morgan fingerprint density at radius 2 is 1.11 bits per heavy atom. The molecule has 4 heteroatoms. The van der Waals surface area contributed by atoms with Crippen LogP contribution in [0.1, 0.15) is 0 Å². The normalized spacial score (nSPS) is 11.9. The van der Waals surface area contributed by atoms with Gasteiger partial charge >= 0.3 is 0 Å². The summed E-state index contributed by atoms with van der Waals surface area (Å²) in [5, 5.41) is 6.90. The van der Waals surface area contributed by atoms with Crippen molar-refractivity contribution in [3.63, 3.8) is 0 Å². The number of nitrogens with zero attached hydrogens (tertiary/aromatic N) is 3. The second-order valence-corrected chi connectivity index (χ2v) is 11.8. The number of rotatable bonds is 3. The molecule has 0 unspecified atom stereocenters. The van der Waals surface area contributed by atoms with Crippen LogP contribution in [0.3, 0.4) is 0 Å². The molecule has 10 aromatic rings. The lowest BCUT2D eigenvalue weighted by Crippen LogP contribution is -2.04. The first-order chi connectivity index (χ1) is 22.8. The summed E-state index contributed by atoms with van der Waals surface area (Å²) >= 11 is 0. The van der Waals surface area contributed by atoms with E-state index in [2.05, 4.69) is 120 Å². The molecule has 0 saturated heterocycles. The fourth-order valence-electron chi connectivity index (χ4n) is 7.10. The van der Waals surface area contributed by atoms with Gasteiger partial charge in [-0.25, -0.2) is 9.97 Å². The molecule has 3 aromatic heterocycles. The van der Waals surface area contributed by atoms with Gasteiger partial charge in [-0.15, -0.1) is 0 Å². The van der Waals surface area contributed by atoms with Crippen LogP contribution in [-0.2, 0) is 0 Å². The predicted octanol–water partition coefficient (Wildman–Crippen LogP) is 11.1. The molecule has 0 aliphatic heterocycles. The first-order valence-corrected chi connectivity index (χ1v) is 15.5. The van der Waals surface area contributed by atoms with E-state index in [-0.39, 0.29) is 0 Å². The molecular weight excluding hydrogens is 562 g/mol. The van der Waals surface area contributed by atoms with Gasteiger partial charge in [-0.2, -0.15) is 0 Å². The number of aromatic nitrogens is 3. The molecule has 4 nitrogen and oxygen atoms in total. The van der Waals surface area contributed by atoms with Crippen LogP contribution in [0.2, 0.25) is 0 Å². The van der Waals surface area contributed by atoms with E-state index in [9.17, 15) is 0 Å². The quantitative estimate of drug-likeness (QED) is 0.207. The van der Waals surface area contributed by atoms with Gasteiger partial charge in [0.05, 0.1) is 22.1 Å². The Balaban J connectivity index is 1.28. The smallest absolute Gasteiger partial charge is 0.165 e. The minimum Gasteiger partial charge on any atom is -0.455 e. The molecule has 0 spiro atoms. The fraction of sp³-hybridized carbons (Fsp3) is 0. The zero-order chi connectivity index (χ0) is 30.2. The Labute approximate surface area is 263 Å². The average molecular weight is 588 g/mol. The highest BCUT2D eigenvalue weighted by Crippen LogP contribution is 2.41. The Hall–Kier alpha value is -6.26. The van der Waals surface area contributed by atoms with Crippen LogP contribution in [0.15, 0.2) is 156 Å². The van der Waals surface area contributed by atoms with Gasteiger partial charge in [0.15, 0.2) is 5.82 Å². The third kappa shape index (κ3) is 3.61. The van der Waals surface area contributed by atoms with Gasteiger partial charge in [0, 0.05) is 32.7 Å². The molecule has 0 bridgehead atoms. The fourth-order valence-corrected chi connectivity index (χ4v) is 7.10.